The Morgan fingerprint density at radius 3 is 0.836 bits per heavy atom. The van der Waals surface area contributed by atoms with E-state index in [9.17, 15) is 0 Å². The van der Waals surface area contributed by atoms with Gasteiger partial charge in [-0.2, -0.15) is 23.1 Å². The maximum Gasteiger partial charge on any atom is 0.423 e. The molecule has 0 amide bonds. The van der Waals surface area contributed by atoms with Gasteiger partial charge in [-0.15, -0.1) is 0 Å². The van der Waals surface area contributed by atoms with Crippen LogP contribution in [-0.2, 0) is 44.7 Å². The smallest absolute Gasteiger partial charge is 0.294 e. The minimum absolute atomic E-state index is 0.165. The first-order valence-corrected chi connectivity index (χ1v) is 18.8. The van der Waals surface area contributed by atoms with Crippen molar-refractivity contribution in [2.75, 3.05) is 14.7 Å². The van der Waals surface area contributed by atoms with Crippen molar-refractivity contribution in [2.45, 2.75) is 44.7 Å². The maximum atomic E-state index is 16.5. The molecular weight excluding hydrogens is 692 g/mol. The summed E-state index contributed by atoms with van der Waals surface area (Å²) in [6, 6.07) is 47.2. The van der Waals surface area contributed by atoms with Gasteiger partial charge in [0.1, 0.15) is 5.56 Å². The molecule has 8 heteroatoms. The lowest BCUT2D eigenvalue weighted by Gasteiger charge is -2.34. The van der Waals surface area contributed by atoms with Crippen LogP contribution in [0.15, 0.2) is 146 Å². The highest BCUT2D eigenvalue weighted by Gasteiger charge is 2.45. The Hall–Kier alpha value is -6.41. The molecule has 7 aromatic rings. The zero-order chi connectivity index (χ0) is 37.1. The molecule has 3 aliphatic heterocycles. The van der Waals surface area contributed by atoms with E-state index >= 15 is 13.2 Å². The summed E-state index contributed by atoms with van der Waals surface area (Å²) >= 11 is 0. The first kappa shape index (κ1) is 33.2. The maximum absolute atomic E-state index is 16.5. The van der Waals surface area contributed by atoms with E-state index in [0.717, 1.165) is 57.6 Å². The van der Waals surface area contributed by atoms with Gasteiger partial charge < -0.3 is 0 Å². The predicted octanol–water partition coefficient (Wildman–Crippen LogP) is 12.2. The van der Waals surface area contributed by atoms with Crippen molar-refractivity contribution in [3.63, 3.8) is 0 Å². The van der Waals surface area contributed by atoms with Crippen molar-refractivity contribution < 1.29 is 13.2 Å². The Morgan fingerprint density at radius 2 is 0.582 bits per heavy atom. The summed E-state index contributed by atoms with van der Waals surface area (Å²) in [5, 5.41) is 0. The van der Waals surface area contributed by atoms with Gasteiger partial charge in [0.15, 0.2) is 11.6 Å². The van der Waals surface area contributed by atoms with Crippen LogP contribution in [0.3, 0.4) is 0 Å². The minimum atomic E-state index is -4.86. The molecule has 0 fully saturated rings. The van der Waals surface area contributed by atoms with Gasteiger partial charge in [0, 0.05) is 0 Å². The standard InChI is InChI=1S/C47H36F3N5/c48-47(49,50)43-44(53-37-19-7-1-13-31(37)25-26-32-14-2-8-20-38(32)53)51-46(55-41-23-11-5-17-35(41)29-30-36-18-6-12-24-42(36)55)52-45(43)54-39-21-9-3-15-33(39)27-28-34-16-4-10-22-40(34)54/h1-24H,25-30H2. The average Bonchev–Trinajstić information content (AvgIpc) is 3.57. The van der Waals surface area contributed by atoms with E-state index in [4.69, 9.17) is 9.97 Å². The van der Waals surface area contributed by atoms with Crippen molar-refractivity contribution in [3.05, 3.63) is 185 Å². The predicted molar refractivity (Wildman–Crippen MR) is 213 cm³/mol. The number of benzene rings is 6. The number of hydrogen-bond donors (Lipinski definition) is 0. The molecule has 0 atom stereocenters. The highest BCUT2D eigenvalue weighted by Crippen LogP contribution is 2.53. The van der Waals surface area contributed by atoms with Crippen LogP contribution < -0.4 is 14.7 Å². The number of alkyl halides is 3. The zero-order valence-electron chi connectivity index (χ0n) is 30.0. The second kappa shape index (κ2) is 13.2. The molecule has 0 aliphatic carbocycles. The highest BCUT2D eigenvalue weighted by molar-refractivity contribution is 5.90. The highest BCUT2D eigenvalue weighted by atomic mass is 19.4. The summed E-state index contributed by atoms with van der Waals surface area (Å²) in [7, 11) is 0. The lowest BCUT2D eigenvalue weighted by atomic mass is 10.0. The van der Waals surface area contributed by atoms with Crippen LogP contribution in [0.5, 0.6) is 0 Å². The number of aromatic nitrogens is 2. The van der Waals surface area contributed by atoms with Gasteiger partial charge in [0.25, 0.3) is 0 Å². The summed E-state index contributed by atoms with van der Waals surface area (Å²) in [6.45, 7) is 0. The minimum Gasteiger partial charge on any atom is -0.294 e. The first-order valence-electron chi connectivity index (χ1n) is 18.8. The van der Waals surface area contributed by atoms with E-state index in [0.29, 0.717) is 48.4 Å². The molecule has 3 aliphatic rings. The molecule has 0 N–H and O–H groups in total. The summed E-state index contributed by atoms with van der Waals surface area (Å²) in [4.78, 5) is 15.7. The molecular formula is C47H36F3N5. The van der Waals surface area contributed by atoms with Gasteiger partial charge in [0.2, 0.25) is 5.95 Å². The molecule has 0 saturated heterocycles. The van der Waals surface area contributed by atoms with Gasteiger partial charge >= 0.3 is 6.18 Å². The normalized spacial score (nSPS) is 14.6. The third-order valence-electron chi connectivity index (χ3n) is 11.2. The molecule has 0 saturated carbocycles. The molecule has 0 bridgehead atoms. The average molecular weight is 728 g/mol. The number of aryl methyl sites for hydroxylation is 6. The van der Waals surface area contributed by atoms with Crippen molar-refractivity contribution in [1.82, 2.24) is 9.97 Å². The Morgan fingerprint density at radius 1 is 0.345 bits per heavy atom. The van der Waals surface area contributed by atoms with Crippen LogP contribution >= 0.6 is 0 Å². The molecule has 5 nitrogen and oxygen atoms in total. The lowest BCUT2D eigenvalue weighted by Crippen LogP contribution is -2.27. The molecule has 6 aromatic carbocycles. The fourth-order valence-electron chi connectivity index (χ4n) is 8.61. The van der Waals surface area contributed by atoms with Crippen LogP contribution in [0, 0.1) is 0 Å². The molecule has 270 valence electrons. The molecule has 1 aromatic heterocycles. The van der Waals surface area contributed by atoms with Gasteiger partial charge in [-0.25, -0.2) is 0 Å². The fraction of sp³-hybridized carbons (Fsp3) is 0.149. The molecule has 0 radical (unpaired) electrons. The number of halogens is 3. The SMILES string of the molecule is FC(F)(F)c1c(N2c3ccccc3CCc3ccccc32)nc(N2c3ccccc3CCc3ccccc32)nc1N1c2ccccc2CCc2ccccc21. The van der Waals surface area contributed by atoms with Crippen LogP contribution in [0.25, 0.3) is 0 Å². The van der Waals surface area contributed by atoms with Crippen LogP contribution in [-0.4, -0.2) is 9.97 Å². The van der Waals surface area contributed by atoms with Crippen molar-refractivity contribution >= 4 is 51.7 Å². The van der Waals surface area contributed by atoms with E-state index in [2.05, 4.69) is 12.1 Å². The summed E-state index contributed by atoms with van der Waals surface area (Å²) in [6.07, 6.45) is -0.617. The zero-order valence-corrected chi connectivity index (χ0v) is 30.0. The Labute approximate surface area is 318 Å². The van der Waals surface area contributed by atoms with Crippen molar-refractivity contribution in [2.24, 2.45) is 0 Å². The van der Waals surface area contributed by atoms with E-state index in [1.54, 1.807) is 9.80 Å². The lowest BCUT2D eigenvalue weighted by molar-refractivity contribution is -0.136. The van der Waals surface area contributed by atoms with Crippen LogP contribution in [0.1, 0.15) is 38.9 Å². The van der Waals surface area contributed by atoms with Crippen molar-refractivity contribution in [1.29, 1.82) is 0 Å². The Balaban J connectivity index is 1.37. The third kappa shape index (κ3) is 5.63. The van der Waals surface area contributed by atoms with E-state index in [1.807, 2.05) is 138 Å². The molecule has 55 heavy (non-hydrogen) atoms. The Bertz CT molecular complexity index is 2340. The van der Waals surface area contributed by atoms with Crippen LogP contribution in [0.2, 0.25) is 0 Å². The Kier molecular flexibility index (Phi) is 7.94. The van der Waals surface area contributed by atoms with Gasteiger partial charge in [-0.1, -0.05) is 109 Å². The van der Waals surface area contributed by atoms with Gasteiger partial charge in [-0.05, 0) is 108 Å². The number of anilines is 9. The van der Waals surface area contributed by atoms with Gasteiger partial charge in [-0.3, -0.25) is 14.7 Å². The molecule has 0 unspecified atom stereocenters. The quantitative estimate of drug-likeness (QED) is 0.181. The topological polar surface area (TPSA) is 35.5 Å². The molecule has 4 heterocycles. The number of nitrogens with zero attached hydrogens (tertiary/aromatic N) is 5. The van der Waals surface area contributed by atoms with E-state index < -0.39 is 11.7 Å². The largest absolute Gasteiger partial charge is 0.423 e. The monoisotopic (exact) mass is 727 g/mol. The number of hydrogen-bond acceptors (Lipinski definition) is 5. The van der Waals surface area contributed by atoms with E-state index in [-0.39, 0.29) is 17.6 Å². The number of para-hydroxylation sites is 6. The van der Waals surface area contributed by atoms with E-state index in [1.165, 1.54) is 0 Å². The molecule has 10 rings (SSSR count). The number of rotatable bonds is 3. The second-order valence-electron chi connectivity index (χ2n) is 14.3. The summed E-state index contributed by atoms with van der Waals surface area (Å²) in [5.41, 5.74) is 9.40. The van der Waals surface area contributed by atoms with Crippen LogP contribution in [0.4, 0.5) is 64.9 Å². The fourth-order valence-corrected chi connectivity index (χ4v) is 8.61. The second-order valence-corrected chi connectivity index (χ2v) is 14.3. The van der Waals surface area contributed by atoms with Gasteiger partial charge in [0.05, 0.1) is 34.1 Å². The third-order valence-corrected chi connectivity index (χ3v) is 11.2. The molecule has 0 spiro atoms. The van der Waals surface area contributed by atoms with Crippen molar-refractivity contribution in [3.8, 4) is 0 Å². The summed E-state index contributed by atoms with van der Waals surface area (Å²) < 4.78 is 49.5. The number of fused-ring (bicyclic) bond motifs is 6. The summed E-state index contributed by atoms with van der Waals surface area (Å²) in [5.74, 6) is -0.265. The first-order chi connectivity index (χ1) is 26.9.